The van der Waals surface area contributed by atoms with Gasteiger partial charge in [0.15, 0.2) is 5.70 Å². The van der Waals surface area contributed by atoms with Crippen molar-refractivity contribution in [1.82, 2.24) is 0 Å². The van der Waals surface area contributed by atoms with Crippen LogP contribution in [0.2, 0.25) is 0 Å². The molecule has 31 heavy (non-hydrogen) atoms. The van der Waals surface area contributed by atoms with Crippen molar-refractivity contribution in [3.05, 3.63) is 111 Å². The fourth-order valence-corrected chi connectivity index (χ4v) is 3.01. The predicted molar refractivity (Wildman–Crippen MR) is 116 cm³/mol. The number of esters is 1. The first-order chi connectivity index (χ1) is 15.0. The minimum absolute atomic E-state index is 0.0423. The number of aryl methyl sites for hydroxylation is 1. The second-order valence-electron chi connectivity index (χ2n) is 6.96. The van der Waals surface area contributed by atoms with Gasteiger partial charge in [0.05, 0.1) is 4.92 Å². The molecule has 0 saturated heterocycles. The summed E-state index contributed by atoms with van der Waals surface area (Å²) >= 11 is 0. The van der Waals surface area contributed by atoms with Gasteiger partial charge < -0.3 is 9.47 Å². The molecular weight excluding hydrogens is 396 g/mol. The maximum Gasteiger partial charge on any atom is 0.363 e. The molecule has 0 fully saturated rings. The van der Waals surface area contributed by atoms with E-state index in [0.29, 0.717) is 16.9 Å². The van der Waals surface area contributed by atoms with E-state index in [2.05, 4.69) is 4.99 Å². The molecule has 7 heteroatoms. The molecule has 4 rings (SSSR count). The molecule has 1 aliphatic rings. The van der Waals surface area contributed by atoms with Crippen molar-refractivity contribution < 1.29 is 19.2 Å². The van der Waals surface area contributed by atoms with Crippen LogP contribution in [0.5, 0.6) is 5.75 Å². The minimum atomic E-state index is -0.629. The molecule has 0 aromatic heterocycles. The summed E-state index contributed by atoms with van der Waals surface area (Å²) in [6.45, 7) is 2.23. The van der Waals surface area contributed by atoms with Gasteiger partial charge in [0.1, 0.15) is 12.4 Å². The van der Waals surface area contributed by atoms with E-state index < -0.39 is 10.9 Å². The number of hydrogen-bond acceptors (Lipinski definition) is 6. The van der Waals surface area contributed by atoms with Crippen LogP contribution in [0.1, 0.15) is 22.3 Å². The zero-order chi connectivity index (χ0) is 21.8. The lowest BCUT2D eigenvalue weighted by molar-refractivity contribution is -0.384. The van der Waals surface area contributed by atoms with E-state index >= 15 is 0 Å². The largest absolute Gasteiger partial charge is 0.488 e. The number of cyclic esters (lactones) is 1. The van der Waals surface area contributed by atoms with Gasteiger partial charge in [-0.3, -0.25) is 10.1 Å². The highest BCUT2D eigenvalue weighted by Crippen LogP contribution is 2.29. The molecule has 1 aliphatic heterocycles. The molecule has 0 saturated carbocycles. The summed E-state index contributed by atoms with van der Waals surface area (Å²) < 4.78 is 11.1. The van der Waals surface area contributed by atoms with Gasteiger partial charge in [-0.15, -0.1) is 0 Å². The number of aliphatic imine (C=N–C) groups is 1. The molecule has 0 bridgehead atoms. The number of benzene rings is 3. The number of non-ortho nitro benzene ring substituents is 1. The Morgan fingerprint density at radius 3 is 2.52 bits per heavy atom. The van der Waals surface area contributed by atoms with Gasteiger partial charge in [0, 0.05) is 23.3 Å². The van der Waals surface area contributed by atoms with Crippen LogP contribution < -0.4 is 4.74 Å². The van der Waals surface area contributed by atoms with Gasteiger partial charge in [0.25, 0.3) is 5.69 Å². The van der Waals surface area contributed by atoms with Crippen molar-refractivity contribution >= 4 is 23.6 Å². The third-order valence-electron chi connectivity index (χ3n) is 4.65. The highest BCUT2D eigenvalue weighted by Gasteiger charge is 2.25. The Morgan fingerprint density at radius 1 is 1.06 bits per heavy atom. The predicted octanol–water partition coefficient (Wildman–Crippen LogP) is 4.83. The van der Waals surface area contributed by atoms with Crippen LogP contribution in [0.4, 0.5) is 5.69 Å². The van der Waals surface area contributed by atoms with Crippen molar-refractivity contribution in [2.24, 2.45) is 4.99 Å². The SMILES string of the molecule is Cc1ccc(C2=NC(=Cc3cc([N+](=O)[O-])ccc3OCc3ccccc3)C(=O)O2)cc1. The van der Waals surface area contributed by atoms with Crippen LogP contribution in [0.3, 0.4) is 0 Å². The summed E-state index contributed by atoms with van der Waals surface area (Å²) in [5, 5.41) is 11.2. The number of rotatable bonds is 6. The first kappa shape index (κ1) is 20.0. The first-order valence-electron chi connectivity index (χ1n) is 9.54. The molecule has 1 heterocycles. The Kier molecular flexibility index (Phi) is 5.57. The number of carbonyl (C=O) groups excluding carboxylic acids is 1. The Morgan fingerprint density at radius 2 is 1.81 bits per heavy atom. The maximum atomic E-state index is 12.4. The van der Waals surface area contributed by atoms with Gasteiger partial charge in [-0.25, -0.2) is 9.79 Å². The van der Waals surface area contributed by atoms with E-state index in [1.54, 1.807) is 0 Å². The summed E-state index contributed by atoms with van der Waals surface area (Å²) in [6, 6.07) is 21.1. The van der Waals surface area contributed by atoms with Crippen LogP contribution in [0, 0.1) is 17.0 Å². The molecule has 0 atom stereocenters. The van der Waals surface area contributed by atoms with Crippen LogP contribution in [0.25, 0.3) is 6.08 Å². The van der Waals surface area contributed by atoms with E-state index in [9.17, 15) is 14.9 Å². The maximum absolute atomic E-state index is 12.4. The standard InChI is InChI=1S/C24H18N2O5/c1-16-7-9-18(10-8-16)23-25-21(24(27)31-23)14-19-13-20(26(28)29)11-12-22(19)30-15-17-5-3-2-4-6-17/h2-14H,15H2,1H3. The van der Waals surface area contributed by atoms with E-state index in [0.717, 1.165) is 11.1 Å². The van der Waals surface area contributed by atoms with Gasteiger partial charge >= 0.3 is 5.97 Å². The van der Waals surface area contributed by atoms with E-state index in [-0.39, 0.29) is 23.9 Å². The van der Waals surface area contributed by atoms with Crippen molar-refractivity contribution in [2.45, 2.75) is 13.5 Å². The molecule has 0 unspecified atom stereocenters. The lowest BCUT2D eigenvalue weighted by Crippen LogP contribution is -2.05. The third kappa shape index (κ3) is 4.67. The Hall–Kier alpha value is -4.26. The summed E-state index contributed by atoms with van der Waals surface area (Å²) in [4.78, 5) is 27.4. The van der Waals surface area contributed by atoms with Crippen molar-refractivity contribution in [3.63, 3.8) is 0 Å². The summed E-state index contributed by atoms with van der Waals surface area (Å²) in [5.41, 5.74) is 2.97. The monoisotopic (exact) mass is 414 g/mol. The summed E-state index contributed by atoms with van der Waals surface area (Å²) in [5.74, 6) is -0.0433. The third-order valence-corrected chi connectivity index (χ3v) is 4.65. The fraction of sp³-hybridized carbons (Fsp3) is 0.0833. The summed E-state index contributed by atoms with van der Waals surface area (Å²) in [6.07, 6.45) is 1.44. The molecule has 3 aromatic carbocycles. The lowest BCUT2D eigenvalue weighted by atomic mass is 10.1. The van der Waals surface area contributed by atoms with Crippen molar-refractivity contribution in [1.29, 1.82) is 0 Å². The van der Waals surface area contributed by atoms with Crippen molar-refractivity contribution in [2.75, 3.05) is 0 Å². The number of nitrogens with zero attached hydrogens (tertiary/aromatic N) is 2. The van der Waals surface area contributed by atoms with E-state index in [1.165, 1.54) is 24.3 Å². The smallest absolute Gasteiger partial charge is 0.363 e. The second kappa shape index (κ2) is 8.62. The molecule has 0 amide bonds. The lowest BCUT2D eigenvalue weighted by Gasteiger charge is -2.09. The zero-order valence-electron chi connectivity index (χ0n) is 16.6. The number of nitro groups is 1. The van der Waals surface area contributed by atoms with Crippen LogP contribution in [-0.4, -0.2) is 16.8 Å². The van der Waals surface area contributed by atoms with Crippen molar-refractivity contribution in [3.8, 4) is 5.75 Å². The molecule has 3 aromatic rings. The average molecular weight is 414 g/mol. The number of hydrogen-bond donors (Lipinski definition) is 0. The highest BCUT2D eigenvalue weighted by atomic mass is 16.6. The Bertz CT molecular complexity index is 1200. The number of ether oxygens (including phenoxy) is 2. The molecule has 0 spiro atoms. The van der Waals surface area contributed by atoms with Crippen LogP contribution in [0.15, 0.2) is 83.5 Å². The van der Waals surface area contributed by atoms with E-state index in [1.807, 2.05) is 61.5 Å². The highest BCUT2D eigenvalue weighted by molar-refractivity contribution is 6.13. The number of carbonyl (C=O) groups is 1. The number of nitro benzene ring substituents is 1. The van der Waals surface area contributed by atoms with E-state index in [4.69, 9.17) is 9.47 Å². The topological polar surface area (TPSA) is 91.0 Å². The van der Waals surface area contributed by atoms with Gasteiger partial charge in [-0.2, -0.15) is 0 Å². The normalized spacial score (nSPS) is 14.3. The van der Waals surface area contributed by atoms with Crippen LogP contribution >= 0.6 is 0 Å². The minimum Gasteiger partial charge on any atom is -0.488 e. The zero-order valence-corrected chi connectivity index (χ0v) is 16.6. The van der Waals surface area contributed by atoms with Gasteiger partial charge in [-0.05, 0) is 36.8 Å². The molecule has 0 aliphatic carbocycles. The molecule has 0 N–H and O–H groups in total. The van der Waals surface area contributed by atoms with Crippen LogP contribution in [-0.2, 0) is 16.1 Å². The Balaban J connectivity index is 1.67. The average Bonchev–Trinajstić information content (AvgIpc) is 3.14. The summed E-state index contributed by atoms with van der Waals surface area (Å²) in [7, 11) is 0. The fourth-order valence-electron chi connectivity index (χ4n) is 3.01. The second-order valence-corrected chi connectivity index (χ2v) is 6.96. The molecule has 154 valence electrons. The quantitative estimate of drug-likeness (QED) is 0.249. The van der Waals surface area contributed by atoms with Gasteiger partial charge in [-0.1, -0.05) is 48.0 Å². The van der Waals surface area contributed by atoms with Gasteiger partial charge in [0.2, 0.25) is 5.90 Å². The molecule has 0 radical (unpaired) electrons. The molecular formula is C24H18N2O5. The Labute approximate surface area is 178 Å². The molecule has 7 nitrogen and oxygen atoms in total. The first-order valence-corrected chi connectivity index (χ1v) is 9.54.